The van der Waals surface area contributed by atoms with Gasteiger partial charge in [-0.25, -0.2) is 0 Å². The van der Waals surface area contributed by atoms with Gasteiger partial charge in [-0.2, -0.15) is 9.97 Å². The number of hydrogen-bond donors (Lipinski definition) is 1. The van der Waals surface area contributed by atoms with E-state index in [1.807, 2.05) is 6.92 Å². The van der Waals surface area contributed by atoms with E-state index in [1.54, 1.807) is 0 Å². The fourth-order valence-electron chi connectivity index (χ4n) is 2.04. The highest BCUT2D eigenvalue weighted by atomic mass is 35.5. The van der Waals surface area contributed by atoms with E-state index in [0.717, 1.165) is 5.56 Å². The number of ether oxygens (including phenoxy) is 1. The van der Waals surface area contributed by atoms with E-state index in [1.165, 1.54) is 18.2 Å². The Labute approximate surface area is 136 Å². The van der Waals surface area contributed by atoms with Gasteiger partial charge >= 0.3 is 6.01 Å². The molecule has 5 heteroatoms. The van der Waals surface area contributed by atoms with Crippen molar-refractivity contribution >= 4 is 17.4 Å². The average Bonchev–Trinajstić information content (AvgIpc) is 2.48. The molecule has 2 aromatic rings. The zero-order valence-electron chi connectivity index (χ0n) is 13.7. The molecule has 0 aliphatic rings. The van der Waals surface area contributed by atoms with Crippen molar-refractivity contribution in [1.82, 2.24) is 9.97 Å². The summed E-state index contributed by atoms with van der Waals surface area (Å²) in [6, 6.07) is 8.85. The topological polar surface area (TPSA) is 47.0 Å². The quantitative estimate of drug-likeness (QED) is 0.851. The highest BCUT2D eigenvalue weighted by Gasteiger charge is 2.13. The Bertz CT molecular complexity index is 648. The van der Waals surface area contributed by atoms with Crippen molar-refractivity contribution in [3.63, 3.8) is 0 Å². The van der Waals surface area contributed by atoms with Gasteiger partial charge in [0.15, 0.2) is 0 Å². The van der Waals surface area contributed by atoms with Gasteiger partial charge in [0.05, 0.1) is 7.11 Å². The minimum Gasteiger partial charge on any atom is -0.467 e. The van der Waals surface area contributed by atoms with Gasteiger partial charge in [0.2, 0.25) is 0 Å². The predicted molar refractivity (Wildman–Crippen MR) is 90.8 cm³/mol. The molecule has 22 heavy (non-hydrogen) atoms. The van der Waals surface area contributed by atoms with Crippen molar-refractivity contribution in [3.05, 3.63) is 46.1 Å². The summed E-state index contributed by atoms with van der Waals surface area (Å²) in [5.74, 6) is 0.691. The molecule has 0 saturated carbocycles. The summed E-state index contributed by atoms with van der Waals surface area (Å²) in [4.78, 5) is 8.33. The highest BCUT2D eigenvalue weighted by Crippen LogP contribution is 2.24. The van der Waals surface area contributed by atoms with E-state index in [0.29, 0.717) is 17.5 Å². The summed E-state index contributed by atoms with van der Waals surface area (Å²) in [6.45, 7) is 9.17. The zero-order valence-corrected chi connectivity index (χ0v) is 14.5. The first-order valence-electron chi connectivity index (χ1n) is 7.22. The van der Waals surface area contributed by atoms with Crippen LogP contribution in [0.3, 0.4) is 0 Å². The van der Waals surface area contributed by atoms with Crippen LogP contribution in [-0.2, 0) is 12.0 Å². The molecular formula is C17H22ClN3O. The second-order valence-electron chi connectivity index (χ2n) is 6.28. The number of anilines is 1. The largest absolute Gasteiger partial charge is 0.467 e. The first-order chi connectivity index (χ1) is 10.3. The molecule has 0 bridgehead atoms. The first-order valence-corrected chi connectivity index (χ1v) is 7.60. The molecule has 0 radical (unpaired) electrons. The molecule has 0 atom stereocenters. The Morgan fingerprint density at radius 1 is 1.14 bits per heavy atom. The van der Waals surface area contributed by atoms with Crippen LogP contribution in [0, 0.1) is 6.92 Å². The van der Waals surface area contributed by atoms with E-state index in [9.17, 15) is 0 Å². The molecule has 1 aromatic carbocycles. The number of rotatable bonds is 4. The number of benzene rings is 1. The molecule has 0 aliphatic carbocycles. The SMILES string of the molecule is COc1nc(Cl)c(C)c(NCc2ccc(C(C)(C)C)cc2)n1. The van der Waals surface area contributed by atoms with Crippen LogP contribution >= 0.6 is 11.6 Å². The standard InChI is InChI=1S/C17H22ClN3O/c1-11-14(18)20-16(22-5)21-15(11)19-10-12-6-8-13(9-7-12)17(2,3)4/h6-9H,10H2,1-5H3,(H,19,20,21). The lowest BCUT2D eigenvalue weighted by Crippen LogP contribution is -2.11. The van der Waals surface area contributed by atoms with Crippen LogP contribution in [0.5, 0.6) is 6.01 Å². The Balaban J connectivity index is 2.12. The predicted octanol–water partition coefficient (Wildman–Crippen LogP) is 4.36. The van der Waals surface area contributed by atoms with Crippen molar-refractivity contribution < 1.29 is 4.74 Å². The summed E-state index contributed by atoms with van der Waals surface area (Å²) >= 11 is 6.08. The van der Waals surface area contributed by atoms with Crippen LogP contribution in [0.25, 0.3) is 0 Å². The van der Waals surface area contributed by atoms with Crippen molar-refractivity contribution in [1.29, 1.82) is 0 Å². The zero-order chi connectivity index (χ0) is 16.3. The smallest absolute Gasteiger partial charge is 0.319 e. The van der Waals surface area contributed by atoms with Crippen LogP contribution in [0.15, 0.2) is 24.3 Å². The summed E-state index contributed by atoms with van der Waals surface area (Å²) in [6.07, 6.45) is 0. The summed E-state index contributed by atoms with van der Waals surface area (Å²) in [7, 11) is 1.52. The van der Waals surface area contributed by atoms with Gasteiger partial charge in [0.1, 0.15) is 11.0 Å². The maximum Gasteiger partial charge on any atom is 0.319 e. The van der Waals surface area contributed by atoms with Gasteiger partial charge in [-0.05, 0) is 23.5 Å². The van der Waals surface area contributed by atoms with E-state index < -0.39 is 0 Å². The monoisotopic (exact) mass is 319 g/mol. The maximum absolute atomic E-state index is 6.08. The van der Waals surface area contributed by atoms with Gasteiger partial charge in [-0.15, -0.1) is 0 Å². The van der Waals surface area contributed by atoms with Crippen LogP contribution in [0.4, 0.5) is 5.82 Å². The summed E-state index contributed by atoms with van der Waals surface area (Å²) < 4.78 is 5.05. The number of methoxy groups -OCH3 is 1. The van der Waals surface area contributed by atoms with Gasteiger partial charge in [0.25, 0.3) is 0 Å². The number of nitrogens with zero attached hydrogens (tertiary/aromatic N) is 2. The summed E-state index contributed by atoms with van der Waals surface area (Å²) in [5, 5.41) is 3.69. The molecule has 0 aliphatic heterocycles. The molecule has 1 heterocycles. The van der Waals surface area contributed by atoms with E-state index in [-0.39, 0.29) is 11.4 Å². The molecular weight excluding hydrogens is 298 g/mol. The Kier molecular flexibility index (Phi) is 4.91. The number of hydrogen-bond acceptors (Lipinski definition) is 4. The van der Waals surface area contributed by atoms with Gasteiger partial charge in [-0.3, -0.25) is 0 Å². The fourth-order valence-corrected chi connectivity index (χ4v) is 2.20. The van der Waals surface area contributed by atoms with Crippen LogP contribution in [-0.4, -0.2) is 17.1 Å². The second kappa shape index (κ2) is 6.53. The molecule has 0 fully saturated rings. The third kappa shape index (κ3) is 3.89. The van der Waals surface area contributed by atoms with E-state index in [4.69, 9.17) is 16.3 Å². The van der Waals surface area contributed by atoms with Crippen molar-refractivity contribution in [2.45, 2.75) is 39.7 Å². The third-order valence-corrected chi connectivity index (χ3v) is 3.90. The van der Waals surface area contributed by atoms with Crippen molar-refractivity contribution in [2.75, 3.05) is 12.4 Å². The molecule has 118 valence electrons. The van der Waals surface area contributed by atoms with E-state index >= 15 is 0 Å². The molecule has 0 saturated heterocycles. The fraction of sp³-hybridized carbons (Fsp3) is 0.412. The molecule has 4 nitrogen and oxygen atoms in total. The average molecular weight is 320 g/mol. The number of halogens is 1. The Hall–Kier alpha value is -1.81. The minimum absolute atomic E-state index is 0.163. The molecule has 1 aromatic heterocycles. The van der Waals surface area contributed by atoms with Crippen LogP contribution in [0.1, 0.15) is 37.5 Å². The molecule has 0 spiro atoms. The van der Waals surface area contributed by atoms with Crippen molar-refractivity contribution in [2.24, 2.45) is 0 Å². The highest BCUT2D eigenvalue weighted by molar-refractivity contribution is 6.30. The van der Waals surface area contributed by atoms with Crippen LogP contribution < -0.4 is 10.1 Å². The molecule has 1 N–H and O–H groups in total. The van der Waals surface area contributed by atoms with Gasteiger partial charge in [-0.1, -0.05) is 56.6 Å². The number of aromatic nitrogens is 2. The van der Waals surface area contributed by atoms with E-state index in [2.05, 4.69) is 60.3 Å². The lowest BCUT2D eigenvalue weighted by atomic mass is 9.87. The lowest BCUT2D eigenvalue weighted by molar-refractivity contribution is 0.380. The van der Waals surface area contributed by atoms with Crippen LogP contribution in [0.2, 0.25) is 5.15 Å². The normalized spacial score (nSPS) is 11.4. The van der Waals surface area contributed by atoms with Gasteiger partial charge < -0.3 is 10.1 Å². The minimum atomic E-state index is 0.163. The molecule has 2 rings (SSSR count). The maximum atomic E-state index is 6.08. The van der Waals surface area contributed by atoms with Gasteiger partial charge in [0, 0.05) is 12.1 Å². The summed E-state index contributed by atoms with van der Waals surface area (Å²) in [5.41, 5.74) is 3.48. The lowest BCUT2D eigenvalue weighted by Gasteiger charge is -2.19. The Morgan fingerprint density at radius 2 is 1.77 bits per heavy atom. The molecule has 0 unspecified atom stereocenters. The first kappa shape index (κ1) is 16.6. The third-order valence-electron chi connectivity index (χ3n) is 3.53. The Morgan fingerprint density at radius 3 is 2.32 bits per heavy atom. The second-order valence-corrected chi connectivity index (χ2v) is 6.63. The number of nitrogens with one attached hydrogen (secondary N) is 1. The molecule has 0 amide bonds. The van der Waals surface area contributed by atoms with Crippen molar-refractivity contribution in [3.8, 4) is 6.01 Å².